The molecule has 3 rings (SSSR count). The van der Waals surface area contributed by atoms with E-state index in [9.17, 15) is 4.39 Å². The van der Waals surface area contributed by atoms with E-state index in [1.54, 1.807) is 6.07 Å². The maximum Gasteiger partial charge on any atom is 0.141 e. The lowest BCUT2D eigenvalue weighted by atomic mass is 10.1. The molecule has 1 heterocycles. The number of hydrogen-bond donors (Lipinski definition) is 0. The number of aryl methyl sites for hydroxylation is 2. The van der Waals surface area contributed by atoms with Gasteiger partial charge < -0.3 is 4.57 Å². The second-order valence-corrected chi connectivity index (χ2v) is 4.80. The molecule has 0 saturated heterocycles. The van der Waals surface area contributed by atoms with E-state index in [-0.39, 0.29) is 5.82 Å². The topological polar surface area (TPSA) is 41.6 Å². The van der Waals surface area contributed by atoms with E-state index < -0.39 is 0 Å². The highest BCUT2D eigenvalue weighted by atomic mass is 19.1. The van der Waals surface area contributed by atoms with Gasteiger partial charge in [-0.05, 0) is 42.8 Å². The molecule has 20 heavy (non-hydrogen) atoms. The van der Waals surface area contributed by atoms with Crippen molar-refractivity contribution in [3.05, 3.63) is 53.3 Å². The van der Waals surface area contributed by atoms with Crippen LogP contribution in [0.3, 0.4) is 0 Å². The number of nitrogens with zero attached hydrogens (tertiary/aromatic N) is 3. The summed E-state index contributed by atoms with van der Waals surface area (Å²) >= 11 is 0. The molecule has 3 nitrogen and oxygen atoms in total. The lowest BCUT2D eigenvalue weighted by molar-refractivity contribution is 0.627. The average Bonchev–Trinajstić information content (AvgIpc) is 2.75. The van der Waals surface area contributed by atoms with Crippen molar-refractivity contribution >= 4 is 11.0 Å². The smallest absolute Gasteiger partial charge is 0.141 e. The molecule has 3 aromatic rings. The molecule has 0 N–H and O–H groups in total. The van der Waals surface area contributed by atoms with Crippen molar-refractivity contribution in [1.82, 2.24) is 9.55 Å². The van der Waals surface area contributed by atoms with Gasteiger partial charge in [-0.25, -0.2) is 9.37 Å². The van der Waals surface area contributed by atoms with Crippen molar-refractivity contribution < 1.29 is 4.39 Å². The summed E-state index contributed by atoms with van der Waals surface area (Å²) in [7, 11) is 1.87. The van der Waals surface area contributed by atoms with Crippen LogP contribution in [0.25, 0.3) is 22.4 Å². The molecule has 98 valence electrons. The van der Waals surface area contributed by atoms with E-state index in [0.29, 0.717) is 22.5 Å². The lowest BCUT2D eigenvalue weighted by Gasteiger charge is -2.04. The summed E-state index contributed by atoms with van der Waals surface area (Å²) in [5.74, 6) is 0.373. The molecule has 0 unspecified atom stereocenters. The third-order valence-corrected chi connectivity index (χ3v) is 3.33. The molecule has 0 bridgehead atoms. The molecule has 1 aromatic heterocycles. The SMILES string of the molecule is Cc1cc(F)cc(-c2nc3c(C#N)cccc3n2C)c1. The summed E-state index contributed by atoms with van der Waals surface area (Å²) in [6, 6.07) is 12.4. The molecule has 0 fully saturated rings. The lowest BCUT2D eigenvalue weighted by Crippen LogP contribution is -1.93. The zero-order valence-electron chi connectivity index (χ0n) is 11.2. The largest absolute Gasteiger partial charge is 0.327 e. The molecule has 0 atom stereocenters. The first-order chi connectivity index (χ1) is 9.60. The Morgan fingerprint density at radius 3 is 2.75 bits per heavy atom. The minimum Gasteiger partial charge on any atom is -0.327 e. The first-order valence-electron chi connectivity index (χ1n) is 6.23. The zero-order valence-corrected chi connectivity index (χ0v) is 11.2. The number of halogens is 1. The number of nitriles is 1. The molecular weight excluding hydrogens is 253 g/mol. The molecule has 0 spiro atoms. The van der Waals surface area contributed by atoms with Crippen molar-refractivity contribution in [2.24, 2.45) is 7.05 Å². The fourth-order valence-electron chi connectivity index (χ4n) is 2.43. The summed E-state index contributed by atoms with van der Waals surface area (Å²) < 4.78 is 15.4. The van der Waals surface area contributed by atoms with E-state index >= 15 is 0 Å². The molecular formula is C16H12FN3. The van der Waals surface area contributed by atoms with Crippen LogP contribution in [0.4, 0.5) is 4.39 Å². The van der Waals surface area contributed by atoms with Gasteiger partial charge in [0.2, 0.25) is 0 Å². The number of para-hydroxylation sites is 1. The Bertz CT molecular complexity index is 836. The quantitative estimate of drug-likeness (QED) is 0.675. The van der Waals surface area contributed by atoms with Crippen LogP contribution in [0.5, 0.6) is 0 Å². The third-order valence-electron chi connectivity index (χ3n) is 3.33. The van der Waals surface area contributed by atoms with Crippen LogP contribution in [-0.4, -0.2) is 9.55 Å². The highest BCUT2D eigenvalue weighted by Crippen LogP contribution is 2.26. The van der Waals surface area contributed by atoms with Gasteiger partial charge in [0, 0.05) is 12.6 Å². The summed E-state index contributed by atoms with van der Waals surface area (Å²) in [5, 5.41) is 9.14. The Balaban J connectivity index is 2.32. The third kappa shape index (κ3) is 1.84. The van der Waals surface area contributed by atoms with Crippen LogP contribution in [0.2, 0.25) is 0 Å². The number of imidazole rings is 1. The van der Waals surface area contributed by atoms with Gasteiger partial charge in [0.25, 0.3) is 0 Å². The van der Waals surface area contributed by atoms with E-state index in [1.807, 2.05) is 36.7 Å². The van der Waals surface area contributed by atoms with Crippen molar-refractivity contribution in [1.29, 1.82) is 5.26 Å². The van der Waals surface area contributed by atoms with Gasteiger partial charge in [0.1, 0.15) is 23.2 Å². The Labute approximate surface area is 115 Å². The fraction of sp³-hybridized carbons (Fsp3) is 0.125. The molecule has 0 aliphatic heterocycles. The molecule has 0 amide bonds. The predicted octanol–water partition coefficient (Wildman–Crippen LogP) is 3.56. The summed E-state index contributed by atoms with van der Waals surface area (Å²) in [4.78, 5) is 4.51. The highest BCUT2D eigenvalue weighted by Gasteiger charge is 2.13. The number of aromatic nitrogens is 2. The van der Waals surface area contributed by atoms with Crippen LogP contribution < -0.4 is 0 Å². The van der Waals surface area contributed by atoms with Gasteiger partial charge >= 0.3 is 0 Å². The van der Waals surface area contributed by atoms with Gasteiger partial charge in [-0.2, -0.15) is 5.26 Å². The minimum absolute atomic E-state index is 0.285. The van der Waals surface area contributed by atoms with Crippen LogP contribution in [-0.2, 0) is 7.05 Å². The molecule has 0 aliphatic rings. The maximum absolute atomic E-state index is 13.6. The summed E-state index contributed by atoms with van der Waals surface area (Å²) in [5.41, 5.74) is 3.59. The normalized spacial score (nSPS) is 10.7. The average molecular weight is 265 g/mol. The molecule has 4 heteroatoms. The van der Waals surface area contributed by atoms with Crippen LogP contribution in [0, 0.1) is 24.1 Å². The van der Waals surface area contributed by atoms with Gasteiger partial charge in [0.15, 0.2) is 0 Å². The molecule has 2 aromatic carbocycles. The molecule has 0 aliphatic carbocycles. The van der Waals surface area contributed by atoms with Crippen molar-refractivity contribution in [3.8, 4) is 17.5 Å². The first-order valence-corrected chi connectivity index (χ1v) is 6.23. The first kappa shape index (κ1) is 12.4. The number of hydrogen-bond acceptors (Lipinski definition) is 2. The Kier molecular flexibility index (Phi) is 2.76. The molecule has 0 radical (unpaired) electrons. The van der Waals surface area contributed by atoms with Crippen molar-refractivity contribution in [3.63, 3.8) is 0 Å². The Morgan fingerprint density at radius 2 is 2.05 bits per heavy atom. The monoisotopic (exact) mass is 265 g/mol. The van der Waals surface area contributed by atoms with E-state index in [0.717, 1.165) is 11.1 Å². The fourth-order valence-corrected chi connectivity index (χ4v) is 2.43. The highest BCUT2D eigenvalue weighted by molar-refractivity contribution is 5.85. The van der Waals surface area contributed by atoms with Crippen molar-refractivity contribution in [2.45, 2.75) is 6.92 Å². The number of benzene rings is 2. The number of fused-ring (bicyclic) bond motifs is 1. The number of rotatable bonds is 1. The van der Waals surface area contributed by atoms with Gasteiger partial charge in [-0.3, -0.25) is 0 Å². The van der Waals surface area contributed by atoms with Crippen molar-refractivity contribution in [2.75, 3.05) is 0 Å². The Morgan fingerprint density at radius 1 is 1.25 bits per heavy atom. The molecule has 0 saturated carbocycles. The van der Waals surface area contributed by atoms with Gasteiger partial charge in [-0.15, -0.1) is 0 Å². The minimum atomic E-state index is -0.285. The van der Waals surface area contributed by atoms with Crippen LogP contribution in [0.1, 0.15) is 11.1 Å². The summed E-state index contributed by atoms with van der Waals surface area (Å²) in [6.45, 7) is 1.84. The van der Waals surface area contributed by atoms with E-state index in [2.05, 4.69) is 11.1 Å². The second kappa shape index (κ2) is 4.46. The van der Waals surface area contributed by atoms with E-state index in [4.69, 9.17) is 5.26 Å². The maximum atomic E-state index is 13.6. The Hall–Kier alpha value is -2.67. The standard InChI is InChI=1S/C16H12FN3/c1-10-6-12(8-13(17)7-10)16-19-15-11(9-18)4-3-5-14(15)20(16)2/h3-8H,1-2H3. The predicted molar refractivity (Wildman–Crippen MR) is 75.6 cm³/mol. The van der Waals surface area contributed by atoms with Gasteiger partial charge in [-0.1, -0.05) is 6.07 Å². The summed E-state index contributed by atoms with van der Waals surface area (Å²) in [6.07, 6.45) is 0. The van der Waals surface area contributed by atoms with E-state index in [1.165, 1.54) is 12.1 Å². The van der Waals surface area contributed by atoms with Gasteiger partial charge in [0.05, 0.1) is 11.1 Å². The van der Waals surface area contributed by atoms with Crippen LogP contribution in [0.15, 0.2) is 36.4 Å². The van der Waals surface area contributed by atoms with Crippen LogP contribution >= 0.6 is 0 Å². The zero-order chi connectivity index (χ0) is 14.3. The second-order valence-electron chi connectivity index (χ2n) is 4.80.